The maximum absolute atomic E-state index is 13.7. The summed E-state index contributed by atoms with van der Waals surface area (Å²) in [6, 6.07) is 9.91. The Morgan fingerprint density at radius 1 is 1.04 bits per heavy atom. The number of Topliss-reactive ketones (excluding diaryl/α,β-unsaturated/α-hetero) is 1. The van der Waals surface area contributed by atoms with E-state index < -0.39 is 23.1 Å². The number of halogens is 2. The van der Waals surface area contributed by atoms with E-state index in [0.717, 1.165) is 22.6 Å². The van der Waals surface area contributed by atoms with Crippen LogP contribution < -0.4 is 5.32 Å². The van der Waals surface area contributed by atoms with E-state index in [1.54, 1.807) is 24.3 Å². The summed E-state index contributed by atoms with van der Waals surface area (Å²) in [5.41, 5.74) is 1.23. The standard InChI is InChI=1S/C19H14F2N2O2S/c1-10(24)19-23-17(11(2)26-19)12-6-8-13(9-7-12)22-18(25)16-14(20)4-3-5-15(16)21/h3-9H,1-2H3,(H,22,25). The molecule has 0 saturated heterocycles. The fourth-order valence-electron chi connectivity index (χ4n) is 2.43. The van der Waals surface area contributed by atoms with Gasteiger partial charge in [-0.15, -0.1) is 11.3 Å². The molecule has 0 radical (unpaired) electrons. The van der Waals surface area contributed by atoms with Gasteiger partial charge in [-0.05, 0) is 31.2 Å². The smallest absolute Gasteiger partial charge is 0.261 e. The number of hydrogen-bond donors (Lipinski definition) is 1. The van der Waals surface area contributed by atoms with Gasteiger partial charge >= 0.3 is 0 Å². The van der Waals surface area contributed by atoms with Gasteiger partial charge in [0.15, 0.2) is 10.8 Å². The molecule has 0 atom stereocenters. The molecule has 0 spiro atoms. The lowest BCUT2D eigenvalue weighted by molar-refractivity contribution is 0.100. The molecule has 4 nitrogen and oxygen atoms in total. The van der Waals surface area contributed by atoms with Crippen LogP contribution in [0.15, 0.2) is 42.5 Å². The second-order valence-corrected chi connectivity index (χ2v) is 6.81. The molecule has 26 heavy (non-hydrogen) atoms. The van der Waals surface area contributed by atoms with Crippen LogP contribution in [0.1, 0.15) is 32.0 Å². The van der Waals surface area contributed by atoms with E-state index in [1.807, 2.05) is 6.92 Å². The first kappa shape index (κ1) is 17.9. The van der Waals surface area contributed by atoms with Crippen molar-refractivity contribution in [3.63, 3.8) is 0 Å². The number of carbonyl (C=O) groups excluding carboxylic acids is 2. The maximum atomic E-state index is 13.7. The Balaban J connectivity index is 1.82. The summed E-state index contributed by atoms with van der Waals surface area (Å²) in [6.45, 7) is 3.33. The van der Waals surface area contributed by atoms with Crippen LogP contribution in [0.25, 0.3) is 11.3 Å². The van der Waals surface area contributed by atoms with Crippen molar-refractivity contribution in [2.24, 2.45) is 0 Å². The molecule has 7 heteroatoms. The SMILES string of the molecule is CC(=O)c1nc(-c2ccc(NC(=O)c3c(F)cccc3F)cc2)c(C)s1. The minimum atomic E-state index is -0.922. The Hall–Kier alpha value is -2.93. The first-order valence-electron chi connectivity index (χ1n) is 7.71. The summed E-state index contributed by atoms with van der Waals surface area (Å²) in [5, 5.41) is 2.90. The number of carbonyl (C=O) groups is 2. The van der Waals surface area contributed by atoms with Crippen LogP contribution in [0.4, 0.5) is 14.5 Å². The number of rotatable bonds is 4. The Bertz CT molecular complexity index is 977. The van der Waals surface area contributed by atoms with Gasteiger partial charge < -0.3 is 5.32 Å². The number of benzene rings is 2. The zero-order valence-corrected chi connectivity index (χ0v) is 14.8. The molecular weight excluding hydrogens is 358 g/mol. The fraction of sp³-hybridized carbons (Fsp3) is 0.105. The topological polar surface area (TPSA) is 59.1 Å². The molecule has 1 heterocycles. The number of hydrogen-bond acceptors (Lipinski definition) is 4. The third kappa shape index (κ3) is 3.52. The molecule has 0 aliphatic carbocycles. The van der Waals surface area contributed by atoms with Gasteiger partial charge in [-0.2, -0.15) is 0 Å². The summed E-state index contributed by atoms with van der Waals surface area (Å²) < 4.78 is 27.3. The van der Waals surface area contributed by atoms with E-state index in [-0.39, 0.29) is 5.78 Å². The zero-order chi connectivity index (χ0) is 18.8. The molecule has 3 rings (SSSR count). The summed E-state index contributed by atoms with van der Waals surface area (Å²) in [4.78, 5) is 28.8. The van der Waals surface area contributed by atoms with Crippen molar-refractivity contribution in [2.75, 3.05) is 5.32 Å². The number of ketones is 1. The fourth-order valence-corrected chi connectivity index (χ4v) is 3.27. The normalized spacial score (nSPS) is 10.6. The average Bonchev–Trinajstić information content (AvgIpc) is 2.97. The van der Waals surface area contributed by atoms with Crippen LogP contribution in [-0.4, -0.2) is 16.7 Å². The molecule has 1 amide bonds. The Morgan fingerprint density at radius 2 is 1.65 bits per heavy atom. The summed E-state index contributed by atoms with van der Waals surface area (Å²) in [6.07, 6.45) is 0. The Kier molecular flexibility index (Phi) is 4.90. The van der Waals surface area contributed by atoms with Crippen LogP contribution in [-0.2, 0) is 0 Å². The Morgan fingerprint density at radius 3 is 2.19 bits per heavy atom. The third-order valence-electron chi connectivity index (χ3n) is 3.70. The average molecular weight is 372 g/mol. The van der Waals surface area contributed by atoms with Gasteiger partial charge in [-0.1, -0.05) is 18.2 Å². The molecule has 0 saturated carbocycles. The second-order valence-electron chi connectivity index (χ2n) is 5.61. The van der Waals surface area contributed by atoms with Gasteiger partial charge in [0.2, 0.25) is 0 Å². The maximum Gasteiger partial charge on any atom is 0.261 e. The number of nitrogens with one attached hydrogen (secondary N) is 1. The molecule has 2 aromatic carbocycles. The number of thiazole rings is 1. The lowest BCUT2D eigenvalue weighted by Gasteiger charge is -2.08. The molecule has 0 aliphatic rings. The molecular formula is C19H14F2N2O2S. The van der Waals surface area contributed by atoms with Gasteiger partial charge in [0.1, 0.15) is 17.2 Å². The van der Waals surface area contributed by atoms with Crippen LogP contribution in [0.2, 0.25) is 0 Å². The Labute approximate surface area is 152 Å². The van der Waals surface area contributed by atoms with Crippen molar-refractivity contribution in [3.8, 4) is 11.3 Å². The van der Waals surface area contributed by atoms with Gasteiger partial charge in [-0.3, -0.25) is 9.59 Å². The van der Waals surface area contributed by atoms with E-state index >= 15 is 0 Å². The third-order valence-corrected chi connectivity index (χ3v) is 4.78. The van der Waals surface area contributed by atoms with Gasteiger partial charge in [0.05, 0.1) is 5.69 Å². The van der Waals surface area contributed by atoms with Crippen molar-refractivity contribution in [3.05, 3.63) is 69.5 Å². The minimum Gasteiger partial charge on any atom is -0.322 e. The molecule has 132 valence electrons. The van der Waals surface area contributed by atoms with Crippen molar-refractivity contribution < 1.29 is 18.4 Å². The molecule has 0 unspecified atom stereocenters. The number of nitrogens with zero attached hydrogens (tertiary/aromatic N) is 1. The van der Waals surface area contributed by atoms with Gasteiger partial charge in [0, 0.05) is 23.1 Å². The minimum absolute atomic E-state index is 0.0971. The number of anilines is 1. The van der Waals surface area contributed by atoms with E-state index in [0.29, 0.717) is 16.4 Å². The van der Waals surface area contributed by atoms with Crippen molar-refractivity contribution in [1.82, 2.24) is 4.98 Å². The van der Waals surface area contributed by atoms with Crippen molar-refractivity contribution in [2.45, 2.75) is 13.8 Å². The largest absolute Gasteiger partial charge is 0.322 e. The van der Waals surface area contributed by atoms with Gasteiger partial charge in [-0.25, -0.2) is 13.8 Å². The predicted octanol–water partition coefficient (Wildman–Crippen LogP) is 4.85. The van der Waals surface area contributed by atoms with E-state index in [4.69, 9.17) is 0 Å². The van der Waals surface area contributed by atoms with Crippen LogP contribution in [0.5, 0.6) is 0 Å². The first-order chi connectivity index (χ1) is 12.4. The summed E-state index contributed by atoms with van der Waals surface area (Å²) in [5.74, 6) is -2.81. The molecule has 0 bridgehead atoms. The van der Waals surface area contributed by atoms with Crippen molar-refractivity contribution in [1.29, 1.82) is 0 Å². The molecule has 3 aromatic rings. The molecule has 0 fully saturated rings. The molecule has 0 aliphatic heterocycles. The highest BCUT2D eigenvalue weighted by molar-refractivity contribution is 7.14. The van der Waals surface area contributed by atoms with E-state index in [9.17, 15) is 18.4 Å². The van der Waals surface area contributed by atoms with Gasteiger partial charge in [0.25, 0.3) is 5.91 Å². The highest BCUT2D eigenvalue weighted by Gasteiger charge is 2.17. The van der Waals surface area contributed by atoms with Crippen LogP contribution in [0, 0.1) is 18.6 Å². The molecule has 1 N–H and O–H groups in total. The lowest BCUT2D eigenvalue weighted by atomic mass is 10.1. The quantitative estimate of drug-likeness (QED) is 0.666. The summed E-state index contributed by atoms with van der Waals surface area (Å²) >= 11 is 1.32. The number of aromatic nitrogens is 1. The predicted molar refractivity (Wildman–Crippen MR) is 96.6 cm³/mol. The molecule has 1 aromatic heterocycles. The lowest BCUT2D eigenvalue weighted by Crippen LogP contribution is -2.15. The number of aryl methyl sites for hydroxylation is 1. The number of amides is 1. The highest BCUT2D eigenvalue weighted by atomic mass is 32.1. The highest BCUT2D eigenvalue weighted by Crippen LogP contribution is 2.28. The first-order valence-corrected chi connectivity index (χ1v) is 8.52. The van der Waals surface area contributed by atoms with E-state index in [2.05, 4.69) is 10.3 Å². The van der Waals surface area contributed by atoms with Crippen LogP contribution in [0.3, 0.4) is 0 Å². The van der Waals surface area contributed by atoms with Crippen molar-refractivity contribution >= 4 is 28.7 Å². The van der Waals surface area contributed by atoms with Crippen LogP contribution >= 0.6 is 11.3 Å². The summed E-state index contributed by atoms with van der Waals surface area (Å²) in [7, 11) is 0. The second kappa shape index (κ2) is 7.13. The zero-order valence-electron chi connectivity index (χ0n) is 14.0. The monoisotopic (exact) mass is 372 g/mol. The van der Waals surface area contributed by atoms with E-state index in [1.165, 1.54) is 24.3 Å².